The molecule has 210 valence electrons. The average Bonchev–Trinajstić information content (AvgIpc) is 2.80. The molecule has 0 radical (unpaired) electrons. The molecular weight excluding hydrogens is 453 g/mol. The maximum Gasteiger partial charge on any atom is 0.385 e. The number of hydrogen-bond donors (Lipinski definition) is 1. The van der Waals surface area contributed by atoms with Crippen molar-refractivity contribution in [2.24, 2.45) is 0 Å². The van der Waals surface area contributed by atoms with Gasteiger partial charge < -0.3 is 13.9 Å². The lowest BCUT2D eigenvalue weighted by Crippen LogP contribution is -2.45. The summed E-state index contributed by atoms with van der Waals surface area (Å²) in [5.74, 6) is -0.333. The summed E-state index contributed by atoms with van der Waals surface area (Å²) in [6, 6.07) is 0. The van der Waals surface area contributed by atoms with Crippen LogP contribution in [0.1, 0.15) is 149 Å². The Morgan fingerprint density at radius 2 is 1.09 bits per heavy atom. The van der Waals surface area contributed by atoms with Gasteiger partial charge in [0.2, 0.25) is 0 Å². The zero-order valence-electron chi connectivity index (χ0n) is 24.4. The average molecular weight is 517 g/mol. The van der Waals surface area contributed by atoms with E-state index in [-0.39, 0.29) is 5.78 Å². The number of hydrogen-bond acceptors (Lipinski definition) is 2. The van der Waals surface area contributed by atoms with E-state index in [1.165, 1.54) is 109 Å². The molecule has 35 heavy (non-hydrogen) atoms. The van der Waals surface area contributed by atoms with Crippen molar-refractivity contribution in [3.05, 3.63) is 12.2 Å². The van der Waals surface area contributed by atoms with Gasteiger partial charge in [-0.05, 0) is 32.1 Å². The van der Waals surface area contributed by atoms with Gasteiger partial charge in [-0.1, -0.05) is 122 Å². The molecule has 2 atom stereocenters. The van der Waals surface area contributed by atoms with Gasteiger partial charge in [0.15, 0.2) is 5.78 Å². The van der Waals surface area contributed by atoms with Gasteiger partial charge in [-0.15, -0.1) is 0 Å². The zero-order valence-corrected chi connectivity index (χ0v) is 25.3. The van der Waals surface area contributed by atoms with Gasteiger partial charge in [-0.3, -0.25) is 4.57 Å². The smallest absolute Gasteiger partial charge is 0.320 e. The van der Waals surface area contributed by atoms with Crippen LogP contribution >= 0.6 is 7.60 Å². The molecule has 0 spiro atoms. The van der Waals surface area contributed by atoms with Crippen LogP contribution in [0.25, 0.3) is 0 Å². The fourth-order valence-electron chi connectivity index (χ4n) is 4.83. The van der Waals surface area contributed by atoms with Crippen LogP contribution in [0.4, 0.5) is 0 Å². The van der Waals surface area contributed by atoms with E-state index in [0.717, 1.165) is 25.7 Å². The van der Waals surface area contributed by atoms with E-state index in [0.29, 0.717) is 11.1 Å². The van der Waals surface area contributed by atoms with Gasteiger partial charge in [-0.2, -0.15) is 0 Å². The largest absolute Gasteiger partial charge is 0.385 e. The molecule has 0 heterocycles. The highest BCUT2D eigenvalue weighted by Crippen LogP contribution is 2.51. The molecule has 0 aliphatic carbocycles. The number of allylic oxidation sites excluding steroid dienone is 2. The van der Waals surface area contributed by atoms with E-state index in [2.05, 4.69) is 26.0 Å². The normalized spacial score (nSPS) is 15.0. The van der Waals surface area contributed by atoms with Gasteiger partial charge in [-0.25, -0.2) is 0 Å². The van der Waals surface area contributed by atoms with Gasteiger partial charge in [0.25, 0.3) is 0 Å². The van der Waals surface area contributed by atoms with Crippen molar-refractivity contribution < 1.29 is 18.5 Å². The molecule has 0 aliphatic rings. The summed E-state index contributed by atoms with van der Waals surface area (Å²) in [4.78, 5) is 10.4. The van der Waals surface area contributed by atoms with Crippen LogP contribution in [0.2, 0.25) is 0 Å². The van der Waals surface area contributed by atoms with E-state index in [9.17, 15) is 9.46 Å². The fourth-order valence-corrected chi connectivity index (χ4v) is 6.85. The molecule has 0 saturated heterocycles. The minimum Gasteiger partial charge on any atom is -0.320 e. The SMILES string of the molecule is CCC=CCCCCCCCCCCCCCCCCCCCOP(=O)(O)C(CCC)[N+](C)(C)C. The lowest BCUT2D eigenvalue weighted by atomic mass is 10.0. The number of nitrogens with zero attached hydrogens (tertiary/aromatic N) is 1. The Morgan fingerprint density at radius 1 is 0.686 bits per heavy atom. The quantitative estimate of drug-likeness (QED) is 0.0538. The van der Waals surface area contributed by atoms with Crippen LogP contribution < -0.4 is 0 Å². The Balaban J connectivity index is 3.42. The number of unbranched alkanes of at least 4 members (excludes halogenated alkanes) is 17. The summed E-state index contributed by atoms with van der Waals surface area (Å²) < 4.78 is 18.7. The Hall–Kier alpha value is -0.150. The first kappa shape index (κ1) is 34.9. The van der Waals surface area contributed by atoms with Crippen molar-refractivity contribution in [2.45, 2.75) is 154 Å². The minimum atomic E-state index is -3.57. The molecule has 2 unspecified atom stereocenters. The van der Waals surface area contributed by atoms with Crippen LogP contribution in [0.5, 0.6) is 0 Å². The second-order valence-corrected chi connectivity index (χ2v) is 13.4. The van der Waals surface area contributed by atoms with Crippen molar-refractivity contribution in [3.8, 4) is 0 Å². The van der Waals surface area contributed by atoms with E-state index < -0.39 is 7.60 Å². The Kier molecular flexibility index (Phi) is 22.9. The first-order valence-electron chi connectivity index (χ1n) is 15.2. The maximum absolute atomic E-state index is 12.7. The first-order chi connectivity index (χ1) is 16.8. The lowest BCUT2D eigenvalue weighted by molar-refractivity contribution is -0.883. The summed E-state index contributed by atoms with van der Waals surface area (Å²) in [5, 5.41) is 0. The summed E-state index contributed by atoms with van der Waals surface area (Å²) in [6.07, 6.45) is 31.4. The minimum absolute atomic E-state index is 0.333. The van der Waals surface area contributed by atoms with Crippen molar-refractivity contribution in [1.82, 2.24) is 0 Å². The fraction of sp³-hybridized carbons (Fsp3) is 0.933. The van der Waals surface area contributed by atoms with Crippen molar-refractivity contribution >= 4 is 7.60 Å². The Labute approximate surface area is 220 Å². The molecule has 0 aromatic carbocycles. The Bertz CT molecular complexity index is 530. The molecule has 4 nitrogen and oxygen atoms in total. The summed E-state index contributed by atoms with van der Waals surface area (Å²) >= 11 is 0. The summed E-state index contributed by atoms with van der Waals surface area (Å²) in [5.41, 5.74) is 0. The standard InChI is InChI=1S/C30H62NO3P/c1-6-8-9-10-11-12-13-14-15-16-17-18-19-20-21-22-23-24-25-26-27-29-34-35(32,33)30(28-7-2)31(3,4)5/h8-9,30H,6-7,10-29H2,1-5H3/p+1. The summed E-state index contributed by atoms with van der Waals surface area (Å²) in [6.45, 7) is 4.67. The summed E-state index contributed by atoms with van der Waals surface area (Å²) in [7, 11) is 2.36. The van der Waals surface area contributed by atoms with E-state index >= 15 is 0 Å². The predicted octanol–water partition coefficient (Wildman–Crippen LogP) is 10.0. The second-order valence-electron chi connectivity index (χ2n) is 11.5. The lowest BCUT2D eigenvalue weighted by Gasteiger charge is -2.35. The van der Waals surface area contributed by atoms with Gasteiger partial charge >= 0.3 is 7.60 Å². The van der Waals surface area contributed by atoms with Crippen LogP contribution in [-0.2, 0) is 9.09 Å². The van der Waals surface area contributed by atoms with Gasteiger partial charge in [0, 0.05) is 6.42 Å². The molecule has 0 aromatic rings. The molecule has 0 saturated carbocycles. The van der Waals surface area contributed by atoms with Crippen LogP contribution in [0, 0.1) is 0 Å². The van der Waals surface area contributed by atoms with Crippen molar-refractivity contribution in [1.29, 1.82) is 0 Å². The molecule has 0 bridgehead atoms. The molecule has 1 N–H and O–H groups in total. The van der Waals surface area contributed by atoms with Crippen molar-refractivity contribution in [2.75, 3.05) is 27.7 Å². The van der Waals surface area contributed by atoms with E-state index in [1.54, 1.807) is 0 Å². The van der Waals surface area contributed by atoms with Gasteiger partial charge in [0.05, 0.1) is 27.7 Å². The predicted molar refractivity (Wildman–Crippen MR) is 155 cm³/mol. The molecule has 0 aromatic heterocycles. The molecule has 0 amide bonds. The third-order valence-corrected chi connectivity index (χ3v) is 9.27. The number of quaternary nitrogens is 1. The van der Waals surface area contributed by atoms with Crippen LogP contribution in [0.15, 0.2) is 12.2 Å². The topological polar surface area (TPSA) is 46.5 Å². The van der Waals surface area contributed by atoms with Crippen LogP contribution in [-0.4, -0.2) is 42.9 Å². The van der Waals surface area contributed by atoms with E-state index in [1.807, 2.05) is 21.1 Å². The highest BCUT2D eigenvalue weighted by Gasteiger charge is 2.41. The Morgan fingerprint density at radius 3 is 1.46 bits per heavy atom. The molecule has 0 fully saturated rings. The van der Waals surface area contributed by atoms with Crippen molar-refractivity contribution in [3.63, 3.8) is 0 Å². The molecule has 0 rings (SSSR count). The molecular formula is C30H63NO3P+. The molecule has 0 aliphatic heterocycles. The highest BCUT2D eigenvalue weighted by molar-refractivity contribution is 7.53. The van der Waals surface area contributed by atoms with E-state index in [4.69, 9.17) is 4.52 Å². The first-order valence-corrected chi connectivity index (χ1v) is 16.8. The molecule has 5 heteroatoms. The monoisotopic (exact) mass is 516 g/mol. The number of rotatable bonds is 26. The third-order valence-electron chi connectivity index (χ3n) is 7.01. The van der Waals surface area contributed by atoms with Crippen LogP contribution in [0.3, 0.4) is 0 Å². The zero-order chi connectivity index (χ0) is 26.3. The maximum atomic E-state index is 12.7. The van der Waals surface area contributed by atoms with Gasteiger partial charge in [0.1, 0.15) is 0 Å². The highest BCUT2D eigenvalue weighted by atomic mass is 31.2. The second kappa shape index (κ2) is 23.0. The third kappa shape index (κ3) is 21.6.